The minimum absolute atomic E-state index is 0.160. The fourth-order valence-corrected chi connectivity index (χ4v) is 6.43. The number of rotatable bonds is 4. The first-order valence-electron chi connectivity index (χ1n) is 11.3. The molecule has 6 rings (SSSR count). The van der Waals surface area contributed by atoms with Gasteiger partial charge in [-0.25, -0.2) is 0 Å². The maximum Gasteiger partial charge on any atom is 0.244 e. The fraction of sp³-hybridized carbons (Fsp3) is 0.296. The number of carbonyl (C=O) groups is 3. The molecule has 2 aliphatic carbocycles. The number of anilines is 1. The highest BCUT2D eigenvalue weighted by Crippen LogP contribution is 2.61. The average Bonchev–Trinajstić information content (AvgIpc) is 3.48. The second-order valence-corrected chi connectivity index (χ2v) is 9.30. The largest absolute Gasteiger partial charge is 0.324 e. The van der Waals surface area contributed by atoms with E-state index in [-0.39, 0.29) is 47.9 Å². The molecule has 1 heterocycles. The van der Waals surface area contributed by atoms with Gasteiger partial charge in [-0.05, 0) is 47.6 Å². The Morgan fingerprint density at radius 2 is 1.56 bits per heavy atom. The Bertz CT molecular complexity index is 1230. The number of benzene rings is 3. The van der Waals surface area contributed by atoms with Gasteiger partial charge in [-0.1, -0.05) is 66.7 Å². The predicted molar refractivity (Wildman–Crippen MR) is 122 cm³/mol. The molecule has 160 valence electrons. The molecular formula is C27H24N2O3. The lowest BCUT2D eigenvalue weighted by atomic mass is 9.73. The van der Waals surface area contributed by atoms with E-state index in [9.17, 15) is 14.4 Å². The molecule has 3 aromatic carbocycles. The Labute approximate surface area is 186 Å². The van der Waals surface area contributed by atoms with E-state index < -0.39 is 0 Å². The van der Waals surface area contributed by atoms with E-state index in [0.29, 0.717) is 11.6 Å². The summed E-state index contributed by atoms with van der Waals surface area (Å²) in [5.41, 5.74) is 1.95. The molecule has 32 heavy (non-hydrogen) atoms. The Kier molecular flexibility index (Phi) is 4.39. The molecule has 0 radical (unpaired) electrons. The van der Waals surface area contributed by atoms with Crippen LogP contribution in [0.5, 0.6) is 0 Å². The van der Waals surface area contributed by atoms with Crippen molar-refractivity contribution in [2.75, 3.05) is 11.9 Å². The van der Waals surface area contributed by atoms with Crippen LogP contribution in [-0.4, -0.2) is 29.2 Å². The minimum Gasteiger partial charge on any atom is -0.324 e. The highest BCUT2D eigenvalue weighted by atomic mass is 16.2. The molecule has 0 aromatic heterocycles. The molecule has 0 spiro atoms. The van der Waals surface area contributed by atoms with Crippen molar-refractivity contribution in [1.29, 1.82) is 0 Å². The van der Waals surface area contributed by atoms with Crippen molar-refractivity contribution in [3.8, 4) is 0 Å². The minimum atomic E-state index is -0.338. The number of likely N-dealkylation sites (tertiary alicyclic amines) is 1. The smallest absolute Gasteiger partial charge is 0.244 e. The summed E-state index contributed by atoms with van der Waals surface area (Å²) in [6.07, 6.45) is 1.88. The van der Waals surface area contributed by atoms with Crippen LogP contribution in [0.2, 0.25) is 0 Å². The van der Waals surface area contributed by atoms with Gasteiger partial charge >= 0.3 is 0 Å². The van der Waals surface area contributed by atoms with E-state index >= 15 is 0 Å². The molecule has 5 heteroatoms. The van der Waals surface area contributed by atoms with Crippen LogP contribution < -0.4 is 5.32 Å². The quantitative estimate of drug-likeness (QED) is 0.639. The van der Waals surface area contributed by atoms with Crippen LogP contribution in [-0.2, 0) is 14.4 Å². The highest BCUT2D eigenvalue weighted by Gasteiger charge is 2.63. The van der Waals surface area contributed by atoms with Crippen LogP contribution in [0.15, 0.2) is 72.8 Å². The predicted octanol–water partition coefficient (Wildman–Crippen LogP) is 4.20. The topological polar surface area (TPSA) is 66.5 Å². The summed E-state index contributed by atoms with van der Waals surface area (Å²) in [5.74, 6) is -0.450. The van der Waals surface area contributed by atoms with Crippen molar-refractivity contribution in [2.24, 2.45) is 23.7 Å². The van der Waals surface area contributed by atoms with Crippen LogP contribution in [0.3, 0.4) is 0 Å². The van der Waals surface area contributed by atoms with Crippen molar-refractivity contribution in [3.63, 3.8) is 0 Å². The third kappa shape index (κ3) is 2.88. The summed E-state index contributed by atoms with van der Waals surface area (Å²) < 4.78 is 0. The van der Waals surface area contributed by atoms with Gasteiger partial charge in [0.05, 0.1) is 11.8 Å². The Balaban J connectivity index is 1.20. The second kappa shape index (κ2) is 7.30. The van der Waals surface area contributed by atoms with Crippen molar-refractivity contribution >= 4 is 34.2 Å². The first kappa shape index (κ1) is 19.2. The standard InChI is InChI=1S/C27H24N2O3/c30-23(28-22-12-6-10-16-9-4-5-11-19(16)22)15-29-26(31)24-18-13-20(17-7-2-1-3-8-17)21(14-18)25(24)27(29)32/h1-12,18,20-21,24-25H,13-15H2,(H,28,30)/t18-,20-,21+,24-,25-/m1/s1. The third-order valence-electron chi connectivity index (χ3n) is 7.70. The lowest BCUT2D eigenvalue weighted by molar-refractivity contribution is -0.143. The highest BCUT2D eigenvalue weighted by molar-refractivity contribution is 6.10. The fourth-order valence-electron chi connectivity index (χ4n) is 6.43. The van der Waals surface area contributed by atoms with E-state index in [4.69, 9.17) is 0 Å². The van der Waals surface area contributed by atoms with Gasteiger partial charge < -0.3 is 5.32 Å². The Hall–Kier alpha value is -3.47. The summed E-state index contributed by atoms with van der Waals surface area (Å²) in [5, 5.41) is 4.86. The van der Waals surface area contributed by atoms with Gasteiger partial charge in [0.1, 0.15) is 6.54 Å². The summed E-state index contributed by atoms with van der Waals surface area (Å²) in [6, 6.07) is 23.8. The second-order valence-electron chi connectivity index (χ2n) is 9.30. The lowest BCUT2D eigenvalue weighted by Gasteiger charge is -2.28. The van der Waals surface area contributed by atoms with Gasteiger partial charge in [-0.3, -0.25) is 19.3 Å². The van der Waals surface area contributed by atoms with Gasteiger partial charge in [0, 0.05) is 11.1 Å². The van der Waals surface area contributed by atoms with Gasteiger partial charge in [-0.2, -0.15) is 0 Å². The molecular weight excluding hydrogens is 400 g/mol. The number of amides is 3. The normalized spacial score (nSPS) is 28.4. The SMILES string of the molecule is O=C(CN1C(=O)[C@@H]2[C@H]3C[C@H]([C@H]2C1=O)[C@@H](c1ccccc1)C3)Nc1cccc2ccccc12. The van der Waals surface area contributed by atoms with E-state index in [1.807, 2.05) is 60.7 Å². The summed E-state index contributed by atoms with van der Waals surface area (Å²) in [6.45, 7) is -0.219. The van der Waals surface area contributed by atoms with Crippen molar-refractivity contribution in [1.82, 2.24) is 4.90 Å². The molecule has 1 saturated heterocycles. The molecule has 1 aliphatic heterocycles. The van der Waals surface area contributed by atoms with E-state index in [0.717, 1.165) is 23.6 Å². The van der Waals surface area contributed by atoms with Crippen LogP contribution in [0.4, 0.5) is 5.69 Å². The van der Waals surface area contributed by atoms with Gasteiger partial charge in [0.2, 0.25) is 17.7 Å². The molecule has 2 bridgehead atoms. The maximum absolute atomic E-state index is 13.3. The summed E-state index contributed by atoms with van der Waals surface area (Å²) in [7, 11) is 0. The monoisotopic (exact) mass is 424 g/mol. The number of nitrogens with zero attached hydrogens (tertiary/aromatic N) is 1. The molecule has 3 aliphatic rings. The Morgan fingerprint density at radius 1 is 0.844 bits per heavy atom. The van der Waals surface area contributed by atoms with Crippen LogP contribution in [0.25, 0.3) is 10.8 Å². The summed E-state index contributed by atoms with van der Waals surface area (Å²) >= 11 is 0. The number of imide groups is 1. The van der Waals surface area contributed by atoms with Gasteiger partial charge in [-0.15, -0.1) is 0 Å². The van der Waals surface area contributed by atoms with Crippen LogP contribution in [0.1, 0.15) is 24.3 Å². The Morgan fingerprint density at radius 3 is 2.41 bits per heavy atom. The lowest BCUT2D eigenvalue weighted by Crippen LogP contribution is -2.39. The third-order valence-corrected chi connectivity index (χ3v) is 7.70. The van der Waals surface area contributed by atoms with Crippen molar-refractivity contribution in [2.45, 2.75) is 18.8 Å². The molecule has 3 aromatic rings. The summed E-state index contributed by atoms with van der Waals surface area (Å²) in [4.78, 5) is 40.5. The number of hydrogen-bond donors (Lipinski definition) is 1. The van der Waals surface area contributed by atoms with Crippen LogP contribution >= 0.6 is 0 Å². The number of nitrogens with one attached hydrogen (secondary N) is 1. The molecule has 5 atom stereocenters. The number of hydrogen-bond acceptors (Lipinski definition) is 3. The zero-order valence-corrected chi connectivity index (χ0v) is 17.6. The van der Waals surface area contributed by atoms with Gasteiger partial charge in [0.15, 0.2) is 0 Å². The van der Waals surface area contributed by atoms with E-state index in [1.54, 1.807) is 0 Å². The average molecular weight is 425 g/mol. The number of fused-ring (bicyclic) bond motifs is 6. The molecule has 0 unspecified atom stereocenters. The molecule has 5 nitrogen and oxygen atoms in total. The van der Waals surface area contributed by atoms with Crippen molar-refractivity contribution < 1.29 is 14.4 Å². The van der Waals surface area contributed by atoms with E-state index in [2.05, 4.69) is 17.4 Å². The number of carbonyl (C=O) groups excluding carboxylic acids is 3. The first-order valence-corrected chi connectivity index (χ1v) is 11.3. The zero-order valence-electron chi connectivity index (χ0n) is 17.6. The molecule has 2 saturated carbocycles. The van der Waals surface area contributed by atoms with Gasteiger partial charge in [0.25, 0.3) is 0 Å². The molecule has 3 amide bonds. The zero-order chi connectivity index (χ0) is 21.8. The van der Waals surface area contributed by atoms with E-state index in [1.165, 1.54) is 10.5 Å². The maximum atomic E-state index is 13.3. The van der Waals surface area contributed by atoms with Crippen molar-refractivity contribution in [3.05, 3.63) is 78.4 Å². The first-order chi connectivity index (χ1) is 15.6. The molecule has 3 fully saturated rings. The molecule has 1 N–H and O–H groups in total. The van der Waals surface area contributed by atoms with Crippen LogP contribution in [0, 0.1) is 23.7 Å².